The minimum atomic E-state index is 0.181. The molecule has 5 aromatic rings. The fraction of sp³-hybridized carbons (Fsp3) is 0.130. The number of rotatable bonds is 5. The lowest BCUT2D eigenvalue weighted by Gasteiger charge is -2.06. The van der Waals surface area contributed by atoms with Gasteiger partial charge in [-0.25, -0.2) is 14.6 Å². The molecule has 0 saturated carbocycles. The molecule has 2 N–H and O–H groups in total. The summed E-state index contributed by atoms with van der Waals surface area (Å²) in [6.07, 6.45) is 4.51. The van der Waals surface area contributed by atoms with Crippen LogP contribution in [0.25, 0.3) is 33.5 Å². The molecule has 0 fully saturated rings. The molecule has 0 aliphatic rings. The Morgan fingerprint density at radius 2 is 1.74 bits per heavy atom. The molecule has 0 spiro atoms. The fourth-order valence-electron chi connectivity index (χ4n) is 3.44. The second-order valence-electron chi connectivity index (χ2n) is 7.18. The summed E-state index contributed by atoms with van der Waals surface area (Å²) in [6.45, 7) is 2.62. The number of benzene rings is 1. The molecule has 0 saturated heterocycles. The number of nitrogen functional groups attached to an aromatic ring is 1. The number of fused-ring (bicyclic) bond motifs is 1. The molecule has 4 heterocycles. The van der Waals surface area contributed by atoms with Gasteiger partial charge in [0, 0.05) is 22.8 Å². The van der Waals surface area contributed by atoms with Crippen molar-refractivity contribution in [2.45, 2.75) is 19.9 Å². The lowest BCUT2D eigenvalue weighted by atomic mass is 10.1. The Labute approximate surface area is 178 Å². The third kappa shape index (κ3) is 3.95. The Hall–Kier alpha value is -4.20. The molecule has 152 valence electrons. The van der Waals surface area contributed by atoms with Crippen LogP contribution in [-0.2, 0) is 13.0 Å². The van der Waals surface area contributed by atoms with Gasteiger partial charge in [-0.05, 0) is 36.8 Å². The van der Waals surface area contributed by atoms with Crippen LogP contribution in [0.1, 0.15) is 18.3 Å². The number of nitrogens with zero attached hydrogens (tertiary/aromatic N) is 7. The first-order valence-electron chi connectivity index (χ1n) is 10.0. The van der Waals surface area contributed by atoms with Crippen molar-refractivity contribution < 1.29 is 0 Å². The van der Waals surface area contributed by atoms with E-state index in [1.807, 2.05) is 60.8 Å². The number of hydrogen-bond acceptors (Lipinski definition) is 7. The maximum atomic E-state index is 6.01. The topological polar surface area (TPSA) is 108 Å². The number of aryl methyl sites for hydroxylation is 1. The highest BCUT2D eigenvalue weighted by molar-refractivity contribution is 5.84. The van der Waals surface area contributed by atoms with Crippen molar-refractivity contribution in [3.63, 3.8) is 0 Å². The van der Waals surface area contributed by atoms with Crippen LogP contribution < -0.4 is 5.73 Å². The van der Waals surface area contributed by atoms with Gasteiger partial charge in [0.05, 0.1) is 35.3 Å². The summed E-state index contributed by atoms with van der Waals surface area (Å²) in [7, 11) is 0. The second-order valence-corrected chi connectivity index (χ2v) is 7.18. The van der Waals surface area contributed by atoms with Crippen LogP contribution >= 0.6 is 0 Å². The van der Waals surface area contributed by atoms with Crippen LogP contribution in [0.3, 0.4) is 0 Å². The number of aromatic nitrogens is 7. The van der Waals surface area contributed by atoms with E-state index in [9.17, 15) is 0 Å². The van der Waals surface area contributed by atoms with Crippen molar-refractivity contribution in [1.29, 1.82) is 0 Å². The second kappa shape index (κ2) is 7.91. The van der Waals surface area contributed by atoms with Crippen LogP contribution in [-0.4, -0.2) is 34.9 Å². The normalized spacial score (nSPS) is 11.1. The maximum Gasteiger partial charge on any atom is 0.221 e. The van der Waals surface area contributed by atoms with E-state index in [1.54, 1.807) is 10.9 Å². The standard InChI is InChI=1S/C23H20N8/c1-2-17-6-3-7-18(26-17)13-31-14-22(29-30-31)21-12-20(27-23(24)28-21)16-9-8-15-5-4-10-25-19(15)11-16/h3-12,14H,2,13H2,1H3,(H2,24,27,28). The highest BCUT2D eigenvalue weighted by Gasteiger charge is 2.12. The molecule has 0 atom stereocenters. The Balaban J connectivity index is 1.46. The smallest absolute Gasteiger partial charge is 0.221 e. The van der Waals surface area contributed by atoms with Gasteiger partial charge in [0.25, 0.3) is 0 Å². The minimum absolute atomic E-state index is 0.181. The van der Waals surface area contributed by atoms with Crippen molar-refractivity contribution >= 4 is 16.9 Å². The molecule has 31 heavy (non-hydrogen) atoms. The van der Waals surface area contributed by atoms with Gasteiger partial charge in [0.1, 0.15) is 5.69 Å². The van der Waals surface area contributed by atoms with Crippen molar-refractivity contribution in [3.8, 4) is 22.6 Å². The van der Waals surface area contributed by atoms with Gasteiger partial charge in [0.15, 0.2) is 0 Å². The van der Waals surface area contributed by atoms with Crippen LogP contribution in [0.5, 0.6) is 0 Å². The van der Waals surface area contributed by atoms with Gasteiger partial charge in [-0.15, -0.1) is 5.10 Å². The van der Waals surface area contributed by atoms with Gasteiger partial charge in [-0.1, -0.05) is 36.4 Å². The molecule has 0 unspecified atom stereocenters. The van der Waals surface area contributed by atoms with Crippen LogP contribution in [0, 0.1) is 0 Å². The largest absolute Gasteiger partial charge is 0.368 e. The summed E-state index contributed by atoms with van der Waals surface area (Å²) in [5, 5.41) is 9.58. The zero-order valence-electron chi connectivity index (χ0n) is 17.0. The van der Waals surface area contributed by atoms with Crippen LogP contribution in [0.2, 0.25) is 0 Å². The Kier molecular flexibility index (Phi) is 4.80. The molecule has 0 bridgehead atoms. The predicted octanol–water partition coefficient (Wildman–Crippen LogP) is 3.54. The van der Waals surface area contributed by atoms with E-state index < -0.39 is 0 Å². The number of nitrogens with two attached hydrogens (primary N) is 1. The van der Waals surface area contributed by atoms with E-state index in [0.29, 0.717) is 23.6 Å². The van der Waals surface area contributed by atoms with Crippen molar-refractivity contribution in [2.24, 2.45) is 0 Å². The lowest BCUT2D eigenvalue weighted by molar-refractivity contribution is 0.636. The summed E-state index contributed by atoms with van der Waals surface area (Å²) in [5.41, 5.74) is 11.7. The Morgan fingerprint density at radius 1 is 0.871 bits per heavy atom. The number of anilines is 1. The van der Waals surface area contributed by atoms with Gasteiger partial charge in [0.2, 0.25) is 5.95 Å². The Bertz CT molecular complexity index is 1380. The highest BCUT2D eigenvalue weighted by atomic mass is 15.4. The van der Waals surface area contributed by atoms with Crippen LogP contribution in [0.15, 0.2) is 67.0 Å². The summed E-state index contributed by atoms with van der Waals surface area (Å²) < 4.78 is 1.75. The quantitative estimate of drug-likeness (QED) is 0.474. The van der Waals surface area contributed by atoms with Crippen LogP contribution in [0.4, 0.5) is 5.95 Å². The molecule has 8 nitrogen and oxygen atoms in total. The van der Waals surface area contributed by atoms with E-state index in [0.717, 1.165) is 34.3 Å². The van der Waals surface area contributed by atoms with Gasteiger partial charge in [-0.3, -0.25) is 9.97 Å². The first kappa shape index (κ1) is 18.8. The molecular weight excluding hydrogens is 388 g/mol. The molecular formula is C23H20N8. The van der Waals surface area contributed by atoms with Gasteiger partial charge < -0.3 is 5.73 Å². The molecule has 0 aliphatic carbocycles. The molecule has 0 aliphatic heterocycles. The van der Waals surface area contributed by atoms with E-state index in [4.69, 9.17) is 5.73 Å². The molecule has 8 heteroatoms. The monoisotopic (exact) mass is 408 g/mol. The first-order valence-corrected chi connectivity index (χ1v) is 10.0. The average molecular weight is 408 g/mol. The summed E-state index contributed by atoms with van der Waals surface area (Å²) in [5.74, 6) is 0.181. The molecule has 5 rings (SSSR count). The number of hydrogen-bond donors (Lipinski definition) is 1. The third-order valence-corrected chi connectivity index (χ3v) is 5.00. The highest BCUT2D eigenvalue weighted by Crippen LogP contribution is 2.25. The zero-order chi connectivity index (χ0) is 21.2. The van der Waals surface area contributed by atoms with E-state index >= 15 is 0 Å². The van der Waals surface area contributed by atoms with Gasteiger partial charge >= 0.3 is 0 Å². The number of pyridine rings is 2. The summed E-state index contributed by atoms with van der Waals surface area (Å²) in [6, 6.07) is 17.8. The Morgan fingerprint density at radius 3 is 2.65 bits per heavy atom. The summed E-state index contributed by atoms with van der Waals surface area (Å²) >= 11 is 0. The van der Waals surface area contributed by atoms with Crippen molar-refractivity contribution in [3.05, 3.63) is 78.4 Å². The average Bonchev–Trinajstić information content (AvgIpc) is 3.27. The summed E-state index contributed by atoms with van der Waals surface area (Å²) in [4.78, 5) is 17.8. The van der Waals surface area contributed by atoms with Crippen molar-refractivity contribution in [1.82, 2.24) is 34.9 Å². The van der Waals surface area contributed by atoms with Gasteiger partial charge in [-0.2, -0.15) is 0 Å². The van der Waals surface area contributed by atoms with Crippen molar-refractivity contribution in [2.75, 3.05) is 5.73 Å². The molecule has 4 aromatic heterocycles. The maximum absolute atomic E-state index is 6.01. The van der Waals surface area contributed by atoms with E-state index in [2.05, 4.69) is 37.2 Å². The first-order chi connectivity index (χ1) is 15.2. The lowest BCUT2D eigenvalue weighted by Crippen LogP contribution is -2.03. The fourth-order valence-corrected chi connectivity index (χ4v) is 3.44. The SMILES string of the molecule is CCc1cccc(Cn2cc(-c3cc(-c4ccc5cccnc5c4)nc(N)n3)nn2)n1. The molecule has 0 radical (unpaired) electrons. The van der Waals surface area contributed by atoms with E-state index in [1.165, 1.54) is 0 Å². The zero-order valence-corrected chi connectivity index (χ0v) is 17.0. The minimum Gasteiger partial charge on any atom is -0.368 e. The molecule has 1 aromatic carbocycles. The molecule has 0 amide bonds. The van der Waals surface area contributed by atoms with E-state index in [-0.39, 0.29) is 5.95 Å². The third-order valence-electron chi connectivity index (χ3n) is 5.00. The predicted molar refractivity (Wildman–Crippen MR) is 119 cm³/mol.